The standard InChI is InChI=1S/C14H21N5/c1-2-19-7-5-11(6-8-19)10-17-14-4-3-12(16)13(9-15)18-14/h3-4,11H,2,5-8,10,16H2,1H3,(H,17,18). The van der Waals surface area contributed by atoms with E-state index in [-0.39, 0.29) is 0 Å². The third-order valence-corrected chi connectivity index (χ3v) is 3.76. The second-order valence-corrected chi connectivity index (χ2v) is 5.00. The molecule has 1 aromatic heterocycles. The summed E-state index contributed by atoms with van der Waals surface area (Å²) in [7, 11) is 0. The van der Waals surface area contributed by atoms with Crippen LogP contribution in [0.1, 0.15) is 25.5 Å². The largest absolute Gasteiger partial charge is 0.396 e. The number of nitriles is 1. The molecule has 1 aliphatic heterocycles. The average molecular weight is 259 g/mol. The van der Waals surface area contributed by atoms with Crippen LogP contribution < -0.4 is 11.1 Å². The van der Waals surface area contributed by atoms with Crippen molar-refractivity contribution in [2.75, 3.05) is 37.2 Å². The highest BCUT2D eigenvalue weighted by molar-refractivity contribution is 5.54. The highest BCUT2D eigenvalue weighted by Crippen LogP contribution is 2.18. The lowest BCUT2D eigenvalue weighted by molar-refractivity contribution is 0.198. The van der Waals surface area contributed by atoms with Crippen molar-refractivity contribution in [1.29, 1.82) is 5.26 Å². The van der Waals surface area contributed by atoms with Gasteiger partial charge in [0.1, 0.15) is 11.9 Å². The fraction of sp³-hybridized carbons (Fsp3) is 0.571. The monoisotopic (exact) mass is 259 g/mol. The second-order valence-electron chi connectivity index (χ2n) is 5.00. The van der Waals surface area contributed by atoms with Gasteiger partial charge in [0.25, 0.3) is 0 Å². The van der Waals surface area contributed by atoms with Gasteiger partial charge in [-0.2, -0.15) is 5.26 Å². The predicted octanol–water partition coefficient (Wildman–Crippen LogP) is 1.68. The Labute approximate surface area is 114 Å². The number of aromatic nitrogens is 1. The van der Waals surface area contributed by atoms with Gasteiger partial charge in [0.05, 0.1) is 5.69 Å². The van der Waals surface area contributed by atoms with Gasteiger partial charge in [-0.25, -0.2) is 4.98 Å². The quantitative estimate of drug-likeness (QED) is 0.860. The van der Waals surface area contributed by atoms with E-state index in [0.29, 0.717) is 17.3 Å². The Bertz CT molecular complexity index is 457. The Morgan fingerprint density at radius 1 is 1.47 bits per heavy atom. The smallest absolute Gasteiger partial charge is 0.165 e. The van der Waals surface area contributed by atoms with Gasteiger partial charge >= 0.3 is 0 Å². The summed E-state index contributed by atoms with van der Waals surface area (Å²) in [5.74, 6) is 1.43. The first-order chi connectivity index (χ1) is 9.22. The van der Waals surface area contributed by atoms with Crippen LogP contribution in [-0.2, 0) is 0 Å². The molecule has 0 amide bonds. The summed E-state index contributed by atoms with van der Waals surface area (Å²) < 4.78 is 0. The Morgan fingerprint density at radius 3 is 2.84 bits per heavy atom. The van der Waals surface area contributed by atoms with Gasteiger partial charge < -0.3 is 16.0 Å². The molecule has 0 aromatic carbocycles. The maximum absolute atomic E-state index is 8.89. The lowest BCUT2D eigenvalue weighted by Gasteiger charge is -2.31. The molecule has 1 aliphatic rings. The van der Waals surface area contributed by atoms with Crippen LogP contribution >= 0.6 is 0 Å². The van der Waals surface area contributed by atoms with E-state index in [0.717, 1.165) is 18.9 Å². The van der Waals surface area contributed by atoms with E-state index in [1.54, 1.807) is 6.07 Å². The molecular weight excluding hydrogens is 238 g/mol. The first-order valence-corrected chi connectivity index (χ1v) is 6.85. The molecule has 0 saturated carbocycles. The number of piperidine rings is 1. The van der Waals surface area contributed by atoms with Crippen LogP contribution in [-0.4, -0.2) is 36.1 Å². The molecule has 1 fully saturated rings. The zero-order valence-corrected chi connectivity index (χ0v) is 11.4. The summed E-state index contributed by atoms with van der Waals surface area (Å²) in [5, 5.41) is 12.2. The van der Waals surface area contributed by atoms with Crippen molar-refractivity contribution >= 4 is 11.5 Å². The van der Waals surface area contributed by atoms with Crippen molar-refractivity contribution in [3.8, 4) is 6.07 Å². The van der Waals surface area contributed by atoms with Crippen molar-refractivity contribution in [2.24, 2.45) is 5.92 Å². The summed E-state index contributed by atoms with van der Waals surface area (Å²) in [4.78, 5) is 6.68. The molecule has 0 aliphatic carbocycles. The van der Waals surface area contributed by atoms with Crippen LogP contribution in [0.25, 0.3) is 0 Å². The Hall–Kier alpha value is -1.80. The number of nitrogens with one attached hydrogen (secondary N) is 1. The SMILES string of the molecule is CCN1CCC(CNc2ccc(N)c(C#N)n2)CC1. The van der Waals surface area contributed by atoms with Crippen molar-refractivity contribution < 1.29 is 0 Å². The predicted molar refractivity (Wildman–Crippen MR) is 76.7 cm³/mol. The molecular formula is C14H21N5. The summed E-state index contributed by atoms with van der Waals surface area (Å²) in [6.45, 7) is 6.63. The van der Waals surface area contributed by atoms with E-state index in [2.05, 4.69) is 22.1 Å². The Kier molecular flexibility index (Phi) is 4.58. The summed E-state index contributed by atoms with van der Waals surface area (Å²) in [6, 6.07) is 5.56. The Morgan fingerprint density at radius 2 is 2.21 bits per heavy atom. The first-order valence-electron chi connectivity index (χ1n) is 6.85. The molecule has 3 N–H and O–H groups in total. The molecule has 0 bridgehead atoms. The van der Waals surface area contributed by atoms with Crippen LogP contribution in [0.5, 0.6) is 0 Å². The lowest BCUT2D eigenvalue weighted by atomic mass is 9.97. The number of nitrogens with two attached hydrogens (primary N) is 1. The van der Waals surface area contributed by atoms with Crippen LogP contribution in [0.3, 0.4) is 0 Å². The number of rotatable bonds is 4. The van der Waals surface area contributed by atoms with Gasteiger partial charge in [0, 0.05) is 6.54 Å². The number of hydrogen-bond acceptors (Lipinski definition) is 5. The zero-order valence-electron chi connectivity index (χ0n) is 11.4. The van der Waals surface area contributed by atoms with Crippen LogP contribution in [0.2, 0.25) is 0 Å². The van der Waals surface area contributed by atoms with Crippen molar-refractivity contribution in [3.63, 3.8) is 0 Å². The number of likely N-dealkylation sites (tertiary alicyclic amines) is 1. The van der Waals surface area contributed by atoms with Gasteiger partial charge in [-0.3, -0.25) is 0 Å². The van der Waals surface area contributed by atoms with Crippen LogP contribution in [0, 0.1) is 17.2 Å². The van der Waals surface area contributed by atoms with E-state index in [9.17, 15) is 0 Å². The molecule has 0 atom stereocenters. The maximum atomic E-state index is 8.89. The first kappa shape index (κ1) is 13.6. The number of pyridine rings is 1. The van der Waals surface area contributed by atoms with Crippen molar-refractivity contribution in [1.82, 2.24) is 9.88 Å². The zero-order chi connectivity index (χ0) is 13.7. The van der Waals surface area contributed by atoms with E-state index in [1.807, 2.05) is 12.1 Å². The van der Waals surface area contributed by atoms with Gasteiger partial charge in [0.2, 0.25) is 0 Å². The molecule has 1 saturated heterocycles. The number of nitrogens with zero attached hydrogens (tertiary/aromatic N) is 3. The van der Waals surface area contributed by atoms with Crippen LogP contribution in [0.15, 0.2) is 12.1 Å². The van der Waals surface area contributed by atoms with Gasteiger partial charge in [-0.1, -0.05) is 6.92 Å². The molecule has 1 aromatic rings. The average Bonchev–Trinajstić information content (AvgIpc) is 2.47. The highest BCUT2D eigenvalue weighted by atomic mass is 15.1. The molecule has 5 heteroatoms. The number of nitrogen functional groups attached to an aromatic ring is 1. The topological polar surface area (TPSA) is 78.0 Å². The molecule has 2 heterocycles. The van der Waals surface area contributed by atoms with Gasteiger partial charge in [-0.05, 0) is 50.5 Å². The lowest BCUT2D eigenvalue weighted by Crippen LogP contribution is -2.35. The molecule has 2 rings (SSSR count). The molecule has 0 radical (unpaired) electrons. The summed E-state index contributed by atoms with van der Waals surface area (Å²) in [6.07, 6.45) is 2.45. The molecule has 0 unspecified atom stereocenters. The minimum Gasteiger partial charge on any atom is -0.396 e. The third-order valence-electron chi connectivity index (χ3n) is 3.76. The van der Waals surface area contributed by atoms with E-state index in [1.165, 1.54) is 25.9 Å². The van der Waals surface area contributed by atoms with Gasteiger partial charge in [0.15, 0.2) is 5.69 Å². The third kappa shape index (κ3) is 3.58. The van der Waals surface area contributed by atoms with Gasteiger partial charge in [-0.15, -0.1) is 0 Å². The van der Waals surface area contributed by atoms with E-state index >= 15 is 0 Å². The summed E-state index contributed by atoms with van der Waals surface area (Å²) in [5.41, 5.74) is 6.38. The van der Waals surface area contributed by atoms with E-state index < -0.39 is 0 Å². The fourth-order valence-corrected chi connectivity index (χ4v) is 2.41. The molecule has 102 valence electrons. The van der Waals surface area contributed by atoms with Crippen molar-refractivity contribution in [3.05, 3.63) is 17.8 Å². The Balaban J connectivity index is 1.85. The fourth-order valence-electron chi connectivity index (χ4n) is 2.41. The molecule has 19 heavy (non-hydrogen) atoms. The number of anilines is 2. The van der Waals surface area contributed by atoms with Crippen LogP contribution in [0.4, 0.5) is 11.5 Å². The second kappa shape index (κ2) is 6.39. The molecule has 0 spiro atoms. The normalized spacial score (nSPS) is 17.1. The van der Waals surface area contributed by atoms with Crippen molar-refractivity contribution in [2.45, 2.75) is 19.8 Å². The highest BCUT2D eigenvalue weighted by Gasteiger charge is 2.17. The molecule has 5 nitrogen and oxygen atoms in total. The minimum absolute atomic E-state index is 0.297. The minimum atomic E-state index is 0.297. The maximum Gasteiger partial charge on any atom is 0.165 e. The number of hydrogen-bond donors (Lipinski definition) is 2. The summed E-state index contributed by atoms with van der Waals surface area (Å²) >= 11 is 0. The van der Waals surface area contributed by atoms with E-state index in [4.69, 9.17) is 11.0 Å².